The molecule has 0 aliphatic carbocycles. The van der Waals surface area contributed by atoms with Crippen molar-refractivity contribution < 1.29 is 14.0 Å². The van der Waals surface area contributed by atoms with Crippen LogP contribution in [-0.2, 0) is 4.79 Å². The third-order valence-electron chi connectivity index (χ3n) is 5.14. The molecule has 2 aromatic carbocycles. The van der Waals surface area contributed by atoms with Crippen molar-refractivity contribution in [2.24, 2.45) is 11.8 Å². The van der Waals surface area contributed by atoms with E-state index in [1.165, 1.54) is 18.2 Å². The molecule has 1 heterocycles. The highest BCUT2D eigenvalue weighted by Crippen LogP contribution is 2.23. The number of rotatable bonds is 6. The van der Waals surface area contributed by atoms with Gasteiger partial charge in [-0.2, -0.15) is 0 Å². The number of nitrogens with one attached hydrogen (secondary N) is 3. The van der Waals surface area contributed by atoms with Gasteiger partial charge in [-0.05, 0) is 74.2 Å². The van der Waals surface area contributed by atoms with E-state index in [2.05, 4.69) is 22.9 Å². The SMILES string of the molecule is CC(CC(=O)Nc1cccc(C(=O)Nc2cccc(F)c2)c1)C1CCCNC1. The van der Waals surface area contributed by atoms with Gasteiger partial charge in [-0.1, -0.05) is 19.1 Å². The van der Waals surface area contributed by atoms with Crippen molar-refractivity contribution in [3.8, 4) is 0 Å². The first-order valence-corrected chi connectivity index (χ1v) is 9.69. The quantitative estimate of drug-likeness (QED) is 0.705. The molecule has 2 unspecified atom stereocenters. The number of hydrogen-bond acceptors (Lipinski definition) is 3. The van der Waals surface area contributed by atoms with Crippen molar-refractivity contribution in [2.45, 2.75) is 26.2 Å². The minimum absolute atomic E-state index is 0.0548. The highest BCUT2D eigenvalue weighted by molar-refractivity contribution is 6.05. The maximum Gasteiger partial charge on any atom is 0.255 e. The average Bonchev–Trinajstić information content (AvgIpc) is 2.68. The van der Waals surface area contributed by atoms with E-state index in [1.54, 1.807) is 30.3 Å². The number of carbonyl (C=O) groups is 2. The van der Waals surface area contributed by atoms with Crippen LogP contribution >= 0.6 is 0 Å². The zero-order valence-corrected chi connectivity index (χ0v) is 16.0. The average molecular weight is 383 g/mol. The summed E-state index contributed by atoms with van der Waals surface area (Å²) < 4.78 is 13.3. The summed E-state index contributed by atoms with van der Waals surface area (Å²) in [5, 5.41) is 8.92. The predicted molar refractivity (Wildman–Crippen MR) is 109 cm³/mol. The summed E-state index contributed by atoms with van der Waals surface area (Å²) in [7, 11) is 0. The molecule has 0 radical (unpaired) electrons. The molecule has 1 aliphatic rings. The van der Waals surface area contributed by atoms with Gasteiger partial charge in [-0.3, -0.25) is 9.59 Å². The van der Waals surface area contributed by atoms with E-state index in [-0.39, 0.29) is 11.8 Å². The van der Waals surface area contributed by atoms with Crippen molar-refractivity contribution >= 4 is 23.2 Å². The molecule has 6 heteroatoms. The molecule has 1 saturated heterocycles. The van der Waals surface area contributed by atoms with Gasteiger partial charge in [-0.25, -0.2) is 4.39 Å². The van der Waals surface area contributed by atoms with Crippen molar-refractivity contribution in [3.63, 3.8) is 0 Å². The van der Waals surface area contributed by atoms with Gasteiger partial charge in [0.1, 0.15) is 5.82 Å². The molecule has 28 heavy (non-hydrogen) atoms. The third-order valence-corrected chi connectivity index (χ3v) is 5.14. The van der Waals surface area contributed by atoms with Gasteiger partial charge in [0.2, 0.25) is 5.91 Å². The van der Waals surface area contributed by atoms with Crippen molar-refractivity contribution in [1.29, 1.82) is 0 Å². The number of benzene rings is 2. The highest BCUT2D eigenvalue weighted by Gasteiger charge is 2.22. The molecule has 5 nitrogen and oxygen atoms in total. The summed E-state index contributed by atoms with van der Waals surface area (Å²) in [6, 6.07) is 12.5. The number of hydrogen-bond donors (Lipinski definition) is 3. The monoisotopic (exact) mass is 383 g/mol. The van der Waals surface area contributed by atoms with Crippen LogP contribution in [0, 0.1) is 17.7 Å². The molecule has 0 bridgehead atoms. The van der Waals surface area contributed by atoms with Crippen LogP contribution in [0.2, 0.25) is 0 Å². The zero-order chi connectivity index (χ0) is 19.9. The van der Waals surface area contributed by atoms with E-state index in [9.17, 15) is 14.0 Å². The Balaban J connectivity index is 1.57. The molecule has 1 fully saturated rings. The second-order valence-electron chi connectivity index (χ2n) is 7.38. The lowest BCUT2D eigenvalue weighted by atomic mass is 9.85. The number of amides is 2. The van der Waals surface area contributed by atoms with Gasteiger partial charge in [0.05, 0.1) is 0 Å². The molecule has 148 valence electrons. The van der Waals surface area contributed by atoms with Crippen molar-refractivity contribution in [1.82, 2.24) is 5.32 Å². The summed E-state index contributed by atoms with van der Waals surface area (Å²) in [5.41, 5.74) is 1.35. The Morgan fingerprint density at radius 3 is 2.61 bits per heavy atom. The smallest absolute Gasteiger partial charge is 0.255 e. The summed E-state index contributed by atoms with van der Waals surface area (Å²) >= 11 is 0. The fraction of sp³-hybridized carbons (Fsp3) is 0.364. The predicted octanol–water partition coefficient (Wildman–Crippen LogP) is 4.04. The van der Waals surface area contributed by atoms with Gasteiger partial charge in [0.15, 0.2) is 0 Å². The van der Waals surface area contributed by atoms with Crippen LogP contribution in [-0.4, -0.2) is 24.9 Å². The maximum absolute atomic E-state index is 13.3. The fourth-order valence-corrected chi connectivity index (χ4v) is 3.54. The Bertz CT molecular complexity index is 834. The van der Waals surface area contributed by atoms with Crippen LogP contribution in [0.5, 0.6) is 0 Å². The van der Waals surface area contributed by atoms with Crippen molar-refractivity contribution in [3.05, 3.63) is 59.9 Å². The number of anilines is 2. The van der Waals surface area contributed by atoms with E-state index in [0.717, 1.165) is 25.9 Å². The third kappa shape index (κ3) is 5.63. The zero-order valence-electron chi connectivity index (χ0n) is 16.0. The standard InChI is InChI=1S/C22H26FN3O2/c1-15(17-6-4-10-24-14-17)11-21(27)25-19-8-2-5-16(12-19)22(28)26-20-9-3-7-18(23)13-20/h2-3,5,7-9,12-13,15,17,24H,4,6,10-11,14H2,1H3,(H,25,27)(H,26,28). The summed E-state index contributed by atoms with van der Waals surface area (Å²) in [6.45, 7) is 4.13. The lowest BCUT2D eigenvalue weighted by molar-refractivity contribution is -0.117. The Morgan fingerprint density at radius 1 is 1.14 bits per heavy atom. The van der Waals surface area contributed by atoms with Crippen molar-refractivity contribution in [2.75, 3.05) is 23.7 Å². The Kier molecular flexibility index (Phi) is 6.76. The molecule has 2 aromatic rings. The lowest BCUT2D eigenvalue weighted by Gasteiger charge is -2.28. The van der Waals surface area contributed by atoms with E-state index in [4.69, 9.17) is 0 Å². The topological polar surface area (TPSA) is 70.2 Å². The second kappa shape index (κ2) is 9.46. The van der Waals surface area contributed by atoms with Gasteiger partial charge in [-0.15, -0.1) is 0 Å². The van der Waals surface area contributed by atoms with Gasteiger partial charge >= 0.3 is 0 Å². The van der Waals surface area contributed by atoms with Gasteiger partial charge in [0, 0.05) is 23.4 Å². The first-order chi connectivity index (χ1) is 13.5. The first kappa shape index (κ1) is 20.0. The molecular weight excluding hydrogens is 357 g/mol. The second-order valence-corrected chi connectivity index (χ2v) is 7.38. The Labute approximate surface area is 164 Å². The maximum atomic E-state index is 13.3. The van der Waals surface area contributed by atoms with E-state index >= 15 is 0 Å². The van der Waals surface area contributed by atoms with Crippen LogP contribution in [0.25, 0.3) is 0 Å². The van der Waals surface area contributed by atoms with Crippen LogP contribution in [0.3, 0.4) is 0 Å². The van der Waals surface area contributed by atoms with Crippen LogP contribution in [0.4, 0.5) is 15.8 Å². The van der Waals surface area contributed by atoms with Gasteiger partial charge < -0.3 is 16.0 Å². The van der Waals surface area contributed by atoms with E-state index in [1.807, 2.05) is 0 Å². The molecule has 3 N–H and O–H groups in total. The minimum atomic E-state index is -0.416. The molecule has 0 spiro atoms. The molecular formula is C22H26FN3O2. The summed E-state index contributed by atoms with van der Waals surface area (Å²) in [6.07, 6.45) is 2.75. The first-order valence-electron chi connectivity index (χ1n) is 9.69. The van der Waals surface area contributed by atoms with Crippen LogP contribution < -0.4 is 16.0 Å². The molecule has 0 saturated carbocycles. The number of halogens is 1. The lowest BCUT2D eigenvalue weighted by Crippen LogP contribution is -2.34. The van der Waals surface area contributed by atoms with E-state index in [0.29, 0.717) is 35.2 Å². The number of carbonyl (C=O) groups excluding carboxylic acids is 2. The van der Waals surface area contributed by atoms with Crippen LogP contribution in [0.1, 0.15) is 36.5 Å². The van der Waals surface area contributed by atoms with Gasteiger partial charge in [0.25, 0.3) is 5.91 Å². The summed E-state index contributed by atoms with van der Waals surface area (Å²) in [4.78, 5) is 24.8. The Hall–Kier alpha value is -2.73. The summed E-state index contributed by atoms with van der Waals surface area (Å²) in [5.74, 6) is -0.0136. The molecule has 0 aromatic heterocycles. The molecule has 2 amide bonds. The Morgan fingerprint density at radius 2 is 1.89 bits per heavy atom. The van der Waals surface area contributed by atoms with E-state index < -0.39 is 5.82 Å². The molecule has 1 aliphatic heterocycles. The minimum Gasteiger partial charge on any atom is -0.326 e. The highest BCUT2D eigenvalue weighted by atomic mass is 19.1. The largest absolute Gasteiger partial charge is 0.326 e. The molecule has 3 rings (SSSR count). The molecule has 2 atom stereocenters. The normalized spacial score (nSPS) is 17.6. The fourth-order valence-electron chi connectivity index (χ4n) is 3.54. The number of piperidine rings is 1. The van der Waals surface area contributed by atoms with Crippen LogP contribution in [0.15, 0.2) is 48.5 Å².